The highest BCUT2D eigenvalue weighted by Gasteiger charge is 2.30. The van der Waals surface area contributed by atoms with Gasteiger partial charge in [0.2, 0.25) is 0 Å². The van der Waals surface area contributed by atoms with Crippen LogP contribution in [0.4, 0.5) is 13.2 Å². The monoisotopic (exact) mass is 311 g/mol. The van der Waals surface area contributed by atoms with Crippen molar-refractivity contribution in [1.82, 2.24) is 5.32 Å². The van der Waals surface area contributed by atoms with Crippen molar-refractivity contribution in [2.24, 2.45) is 0 Å². The predicted molar refractivity (Wildman–Crippen MR) is 75.4 cm³/mol. The first-order valence-corrected chi connectivity index (χ1v) is 6.87. The fraction of sp³-hybridized carbons (Fsp3) is 0.312. The van der Waals surface area contributed by atoms with E-state index in [4.69, 9.17) is 4.42 Å². The van der Waals surface area contributed by atoms with Gasteiger partial charge in [0.15, 0.2) is 0 Å². The predicted octanol–water partition coefficient (Wildman–Crippen LogP) is 4.05. The molecule has 0 bridgehead atoms. The van der Waals surface area contributed by atoms with E-state index in [0.29, 0.717) is 12.8 Å². The first kappa shape index (κ1) is 16.1. The third-order valence-electron chi connectivity index (χ3n) is 3.26. The number of hydrogen-bond acceptors (Lipinski definition) is 2. The second-order valence-electron chi connectivity index (χ2n) is 5.07. The van der Waals surface area contributed by atoms with Gasteiger partial charge in [0.25, 0.3) is 5.91 Å². The van der Waals surface area contributed by atoms with E-state index >= 15 is 0 Å². The molecule has 1 N–H and O–H groups in total. The fourth-order valence-corrected chi connectivity index (χ4v) is 2.00. The Morgan fingerprint density at radius 3 is 2.45 bits per heavy atom. The molecule has 2 rings (SSSR count). The minimum absolute atomic E-state index is 0.111. The van der Waals surface area contributed by atoms with E-state index in [1.165, 1.54) is 12.1 Å². The number of carbonyl (C=O) groups excluding carboxylic acids is 1. The van der Waals surface area contributed by atoms with Gasteiger partial charge in [0.1, 0.15) is 5.76 Å². The van der Waals surface area contributed by atoms with E-state index in [-0.39, 0.29) is 17.5 Å². The van der Waals surface area contributed by atoms with Crippen LogP contribution in [0.15, 0.2) is 47.1 Å². The normalized spacial score (nSPS) is 12.9. The fourth-order valence-electron chi connectivity index (χ4n) is 2.00. The number of nitrogens with one attached hydrogen (secondary N) is 1. The molecule has 1 atom stereocenters. The highest BCUT2D eigenvalue weighted by atomic mass is 19.4. The topological polar surface area (TPSA) is 42.2 Å². The smallest absolute Gasteiger partial charge is 0.416 e. The summed E-state index contributed by atoms with van der Waals surface area (Å²) in [5.41, 5.74) is -0.562. The molecule has 0 spiro atoms. The lowest BCUT2D eigenvalue weighted by molar-refractivity contribution is -0.137. The van der Waals surface area contributed by atoms with Crippen LogP contribution in [0.1, 0.15) is 35.0 Å². The molecular formula is C16H16F3NO2. The molecule has 0 unspecified atom stereocenters. The highest BCUT2D eigenvalue weighted by molar-refractivity contribution is 5.94. The van der Waals surface area contributed by atoms with Gasteiger partial charge in [-0.15, -0.1) is 0 Å². The molecule has 0 aliphatic carbocycles. The largest absolute Gasteiger partial charge is 0.469 e. The van der Waals surface area contributed by atoms with Gasteiger partial charge in [0.05, 0.1) is 11.8 Å². The van der Waals surface area contributed by atoms with E-state index in [0.717, 1.165) is 17.9 Å². The summed E-state index contributed by atoms with van der Waals surface area (Å²) >= 11 is 0. The zero-order valence-corrected chi connectivity index (χ0v) is 12.0. The van der Waals surface area contributed by atoms with Gasteiger partial charge in [-0.05, 0) is 49.7 Å². The average molecular weight is 311 g/mol. The van der Waals surface area contributed by atoms with Gasteiger partial charge in [-0.3, -0.25) is 4.79 Å². The van der Waals surface area contributed by atoms with Gasteiger partial charge >= 0.3 is 6.18 Å². The quantitative estimate of drug-likeness (QED) is 0.905. The van der Waals surface area contributed by atoms with Crippen molar-refractivity contribution < 1.29 is 22.4 Å². The average Bonchev–Trinajstić information content (AvgIpc) is 2.97. The van der Waals surface area contributed by atoms with E-state index in [9.17, 15) is 18.0 Å². The molecule has 22 heavy (non-hydrogen) atoms. The number of furan rings is 1. The van der Waals surface area contributed by atoms with Gasteiger partial charge in [-0.2, -0.15) is 13.2 Å². The standard InChI is InChI=1S/C16H16F3NO2/c1-11(4-9-14-3-2-10-22-14)20-15(21)12-5-7-13(8-6-12)16(17,18)19/h2-3,5-8,10-11H,4,9H2,1H3,(H,20,21)/t11-/m1/s1. The summed E-state index contributed by atoms with van der Waals surface area (Å²) in [5.74, 6) is 0.441. The van der Waals surface area contributed by atoms with Crippen molar-refractivity contribution in [2.75, 3.05) is 0 Å². The first-order valence-electron chi connectivity index (χ1n) is 6.87. The third kappa shape index (κ3) is 4.38. The Hall–Kier alpha value is -2.24. The number of benzene rings is 1. The maximum absolute atomic E-state index is 12.5. The second kappa shape index (κ2) is 6.68. The second-order valence-corrected chi connectivity index (χ2v) is 5.07. The summed E-state index contributed by atoms with van der Waals surface area (Å²) in [6.45, 7) is 1.84. The van der Waals surface area contributed by atoms with E-state index in [1.54, 1.807) is 12.3 Å². The molecule has 0 saturated heterocycles. The Kier molecular flexibility index (Phi) is 4.90. The summed E-state index contributed by atoms with van der Waals surface area (Å²) in [4.78, 5) is 12.0. The van der Waals surface area contributed by atoms with Crippen LogP contribution >= 0.6 is 0 Å². The van der Waals surface area contributed by atoms with Crippen molar-refractivity contribution in [3.8, 4) is 0 Å². The van der Waals surface area contributed by atoms with Crippen molar-refractivity contribution in [1.29, 1.82) is 0 Å². The number of alkyl halides is 3. The van der Waals surface area contributed by atoms with Gasteiger partial charge in [-0.1, -0.05) is 0 Å². The Morgan fingerprint density at radius 1 is 1.23 bits per heavy atom. The number of amides is 1. The van der Waals surface area contributed by atoms with E-state index in [1.807, 2.05) is 13.0 Å². The zero-order chi connectivity index (χ0) is 16.2. The van der Waals surface area contributed by atoms with Crippen LogP contribution in [0.3, 0.4) is 0 Å². The Morgan fingerprint density at radius 2 is 1.91 bits per heavy atom. The van der Waals surface area contributed by atoms with Crippen LogP contribution in [-0.2, 0) is 12.6 Å². The van der Waals surface area contributed by atoms with Crippen LogP contribution < -0.4 is 5.32 Å². The maximum atomic E-state index is 12.5. The molecule has 118 valence electrons. The van der Waals surface area contributed by atoms with Gasteiger partial charge < -0.3 is 9.73 Å². The summed E-state index contributed by atoms with van der Waals surface area (Å²) < 4.78 is 42.6. The van der Waals surface area contributed by atoms with Gasteiger partial charge in [0, 0.05) is 18.0 Å². The van der Waals surface area contributed by atoms with Crippen LogP contribution in [0, 0.1) is 0 Å². The molecule has 1 amide bonds. The minimum Gasteiger partial charge on any atom is -0.469 e. The summed E-state index contributed by atoms with van der Waals surface area (Å²) in [7, 11) is 0. The molecule has 1 aromatic carbocycles. The Balaban J connectivity index is 1.88. The van der Waals surface area contributed by atoms with Crippen molar-refractivity contribution in [3.63, 3.8) is 0 Å². The molecular weight excluding hydrogens is 295 g/mol. The van der Waals surface area contributed by atoms with Crippen molar-refractivity contribution >= 4 is 5.91 Å². The van der Waals surface area contributed by atoms with E-state index < -0.39 is 11.7 Å². The molecule has 3 nitrogen and oxygen atoms in total. The number of aryl methyl sites for hydroxylation is 1. The van der Waals surface area contributed by atoms with Crippen molar-refractivity contribution in [2.45, 2.75) is 32.0 Å². The summed E-state index contributed by atoms with van der Waals surface area (Å²) in [6, 6.07) is 7.70. The SMILES string of the molecule is C[C@H](CCc1ccco1)NC(=O)c1ccc(C(F)(F)F)cc1. The number of hydrogen-bond donors (Lipinski definition) is 1. The van der Waals surface area contributed by atoms with Crippen molar-refractivity contribution in [3.05, 3.63) is 59.5 Å². The Bertz CT molecular complexity index is 603. The molecule has 6 heteroatoms. The summed E-state index contributed by atoms with van der Waals surface area (Å²) in [5, 5.41) is 2.75. The molecule has 1 heterocycles. The molecule has 0 radical (unpaired) electrons. The number of halogens is 3. The first-order chi connectivity index (χ1) is 10.4. The number of carbonyl (C=O) groups is 1. The maximum Gasteiger partial charge on any atom is 0.416 e. The lowest BCUT2D eigenvalue weighted by Gasteiger charge is -2.13. The third-order valence-corrected chi connectivity index (χ3v) is 3.26. The van der Waals surface area contributed by atoms with Crippen LogP contribution in [0.25, 0.3) is 0 Å². The van der Waals surface area contributed by atoms with E-state index in [2.05, 4.69) is 5.32 Å². The minimum atomic E-state index is -4.40. The zero-order valence-electron chi connectivity index (χ0n) is 12.0. The van der Waals surface area contributed by atoms with Crippen LogP contribution in [0.5, 0.6) is 0 Å². The molecule has 0 fully saturated rings. The van der Waals surface area contributed by atoms with Crippen LogP contribution in [0.2, 0.25) is 0 Å². The molecule has 0 aliphatic heterocycles. The molecule has 0 aliphatic rings. The lowest BCUT2D eigenvalue weighted by Crippen LogP contribution is -2.32. The van der Waals surface area contributed by atoms with Crippen LogP contribution in [-0.4, -0.2) is 11.9 Å². The van der Waals surface area contributed by atoms with Gasteiger partial charge in [-0.25, -0.2) is 0 Å². The number of rotatable bonds is 5. The summed E-state index contributed by atoms with van der Waals surface area (Å²) in [6.07, 6.45) is -1.45. The lowest BCUT2D eigenvalue weighted by atomic mass is 10.1. The molecule has 0 saturated carbocycles. The molecule has 2 aromatic rings. The molecule has 1 aromatic heterocycles. The highest BCUT2D eigenvalue weighted by Crippen LogP contribution is 2.29. The Labute approximate surface area is 126 Å².